The zero-order valence-electron chi connectivity index (χ0n) is 11.7. The number of hydrogen-bond donors (Lipinski definition) is 1. The van der Waals surface area contributed by atoms with Crippen LogP contribution in [0.15, 0.2) is 5.16 Å². The van der Waals surface area contributed by atoms with Gasteiger partial charge in [-0.3, -0.25) is 4.79 Å². The Morgan fingerprint density at radius 2 is 2.30 bits per heavy atom. The molecule has 0 spiro atoms. The number of carbonyl (C=O) groups is 1. The molecule has 1 N–H and O–H groups in total. The lowest BCUT2D eigenvalue weighted by Gasteiger charge is -2.10. The first-order valence-electron chi connectivity index (χ1n) is 7.14. The predicted molar refractivity (Wildman–Crippen MR) is 75.7 cm³/mol. The highest BCUT2D eigenvalue weighted by Crippen LogP contribution is 2.39. The lowest BCUT2D eigenvalue weighted by molar-refractivity contribution is -0.119. The highest BCUT2D eigenvalue weighted by atomic mass is 32.2. The molecule has 2 heterocycles. The summed E-state index contributed by atoms with van der Waals surface area (Å²) in [5.74, 6) is 2.03. The predicted octanol–water partition coefficient (Wildman–Crippen LogP) is 1.08. The summed E-state index contributed by atoms with van der Waals surface area (Å²) in [5.41, 5.74) is 0. The van der Waals surface area contributed by atoms with Crippen LogP contribution in [0.5, 0.6) is 0 Å². The molecule has 0 bridgehead atoms. The zero-order valence-corrected chi connectivity index (χ0v) is 12.5. The van der Waals surface area contributed by atoms with Gasteiger partial charge in [-0.05, 0) is 25.7 Å². The number of nitrogens with one attached hydrogen (secondary N) is 1. The molecule has 110 valence electrons. The molecule has 2 fully saturated rings. The molecular weight excluding hydrogens is 276 g/mol. The molecule has 20 heavy (non-hydrogen) atoms. The van der Waals surface area contributed by atoms with E-state index in [1.807, 2.05) is 11.6 Å². The smallest absolute Gasteiger partial charge is 0.230 e. The van der Waals surface area contributed by atoms with Gasteiger partial charge in [0.05, 0.1) is 11.9 Å². The maximum absolute atomic E-state index is 11.8. The van der Waals surface area contributed by atoms with Crippen molar-refractivity contribution in [3.63, 3.8) is 0 Å². The third-order valence-electron chi connectivity index (χ3n) is 3.69. The van der Waals surface area contributed by atoms with Crippen LogP contribution in [0.3, 0.4) is 0 Å². The largest absolute Gasteiger partial charge is 0.376 e. The number of amides is 1. The first-order chi connectivity index (χ1) is 9.74. The molecule has 0 unspecified atom stereocenters. The molecule has 1 atom stereocenters. The van der Waals surface area contributed by atoms with Crippen LogP contribution in [0.1, 0.15) is 37.4 Å². The maximum atomic E-state index is 11.8. The third kappa shape index (κ3) is 3.32. The Morgan fingerprint density at radius 3 is 3.00 bits per heavy atom. The van der Waals surface area contributed by atoms with Crippen LogP contribution < -0.4 is 5.32 Å². The number of hydrogen-bond acceptors (Lipinski definition) is 5. The van der Waals surface area contributed by atoms with Crippen LogP contribution in [0.4, 0.5) is 0 Å². The Morgan fingerprint density at radius 1 is 1.45 bits per heavy atom. The van der Waals surface area contributed by atoms with Gasteiger partial charge in [-0.25, -0.2) is 0 Å². The van der Waals surface area contributed by atoms with E-state index in [1.54, 1.807) is 0 Å². The van der Waals surface area contributed by atoms with Crippen LogP contribution in [-0.2, 0) is 16.6 Å². The summed E-state index contributed by atoms with van der Waals surface area (Å²) in [5, 5.41) is 12.1. The van der Waals surface area contributed by atoms with Crippen molar-refractivity contribution in [2.24, 2.45) is 7.05 Å². The number of carbonyl (C=O) groups excluding carboxylic acids is 1. The second kappa shape index (κ2) is 6.13. The summed E-state index contributed by atoms with van der Waals surface area (Å²) in [7, 11) is 1.97. The second-order valence-corrected chi connectivity index (χ2v) is 6.34. The highest BCUT2D eigenvalue weighted by Gasteiger charge is 2.29. The fraction of sp³-hybridized carbons (Fsp3) is 0.769. The summed E-state index contributed by atoms with van der Waals surface area (Å²) >= 11 is 1.44. The second-order valence-electron chi connectivity index (χ2n) is 5.40. The molecule has 0 aromatic carbocycles. The van der Waals surface area contributed by atoms with Crippen LogP contribution in [-0.4, -0.2) is 45.7 Å². The van der Waals surface area contributed by atoms with Crippen molar-refractivity contribution in [1.29, 1.82) is 0 Å². The molecule has 1 amide bonds. The summed E-state index contributed by atoms with van der Waals surface area (Å²) in [4.78, 5) is 11.8. The minimum atomic E-state index is 0.0291. The molecule has 1 saturated heterocycles. The molecule has 6 nitrogen and oxygen atoms in total. The van der Waals surface area contributed by atoms with E-state index in [-0.39, 0.29) is 12.0 Å². The monoisotopic (exact) mass is 296 g/mol. The minimum absolute atomic E-state index is 0.0291. The molecule has 2 aliphatic rings. The van der Waals surface area contributed by atoms with E-state index < -0.39 is 0 Å². The quantitative estimate of drug-likeness (QED) is 0.796. The summed E-state index contributed by atoms with van der Waals surface area (Å²) in [6.07, 6.45) is 4.75. The Labute approximate surface area is 122 Å². The van der Waals surface area contributed by atoms with Crippen LogP contribution in [0.2, 0.25) is 0 Å². The molecule has 3 rings (SSSR count). The van der Waals surface area contributed by atoms with Crippen molar-refractivity contribution >= 4 is 17.7 Å². The van der Waals surface area contributed by atoms with Gasteiger partial charge in [0.1, 0.15) is 5.82 Å². The van der Waals surface area contributed by atoms with E-state index >= 15 is 0 Å². The number of aromatic nitrogens is 3. The molecule has 0 radical (unpaired) electrons. The van der Waals surface area contributed by atoms with Crippen molar-refractivity contribution in [3.8, 4) is 0 Å². The normalized spacial score (nSPS) is 22.1. The van der Waals surface area contributed by atoms with Crippen LogP contribution in [0, 0.1) is 0 Å². The van der Waals surface area contributed by atoms with E-state index in [0.29, 0.717) is 18.2 Å². The van der Waals surface area contributed by atoms with Crippen LogP contribution in [0.25, 0.3) is 0 Å². The highest BCUT2D eigenvalue weighted by molar-refractivity contribution is 7.99. The van der Waals surface area contributed by atoms with Crippen molar-refractivity contribution in [2.45, 2.75) is 42.9 Å². The molecule has 1 saturated carbocycles. The van der Waals surface area contributed by atoms with Gasteiger partial charge < -0.3 is 14.6 Å². The summed E-state index contributed by atoms with van der Waals surface area (Å²) < 4.78 is 7.48. The average Bonchev–Trinajstić information content (AvgIpc) is 3.02. The van der Waals surface area contributed by atoms with Gasteiger partial charge in [-0.1, -0.05) is 11.8 Å². The fourth-order valence-electron chi connectivity index (χ4n) is 2.36. The molecule has 1 aromatic heterocycles. The van der Waals surface area contributed by atoms with E-state index in [9.17, 15) is 4.79 Å². The topological polar surface area (TPSA) is 69.0 Å². The number of rotatable bonds is 6. The van der Waals surface area contributed by atoms with Gasteiger partial charge in [-0.2, -0.15) is 0 Å². The van der Waals surface area contributed by atoms with Crippen molar-refractivity contribution in [3.05, 3.63) is 5.82 Å². The number of nitrogens with zero attached hydrogens (tertiary/aromatic N) is 3. The SMILES string of the molecule is Cn1c(SCC(=O)NC[C@@H]2CCCO2)nnc1C1CC1. The number of thioether (sulfide) groups is 1. The Balaban J connectivity index is 1.42. The Kier molecular flexibility index (Phi) is 4.26. The standard InChI is InChI=1S/C13H20N4O2S/c1-17-12(9-4-5-9)15-16-13(17)20-8-11(18)14-7-10-3-2-6-19-10/h9-10H,2-8H2,1H3,(H,14,18)/t10-/m0/s1. The third-order valence-corrected chi connectivity index (χ3v) is 4.71. The molecular formula is C13H20N4O2S. The Hall–Kier alpha value is -1.08. The lowest BCUT2D eigenvalue weighted by Crippen LogP contribution is -2.32. The van der Waals surface area contributed by atoms with Crippen molar-refractivity contribution in [2.75, 3.05) is 18.9 Å². The average molecular weight is 296 g/mol. The minimum Gasteiger partial charge on any atom is -0.376 e. The molecule has 1 aromatic rings. The summed E-state index contributed by atoms with van der Waals surface area (Å²) in [6.45, 7) is 1.43. The van der Waals surface area contributed by atoms with Crippen molar-refractivity contribution < 1.29 is 9.53 Å². The van der Waals surface area contributed by atoms with Crippen LogP contribution >= 0.6 is 11.8 Å². The molecule has 7 heteroatoms. The lowest BCUT2D eigenvalue weighted by atomic mass is 10.2. The fourth-order valence-corrected chi connectivity index (χ4v) is 3.11. The Bertz CT molecular complexity index is 481. The van der Waals surface area contributed by atoms with E-state index in [2.05, 4.69) is 15.5 Å². The first kappa shape index (κ1) is 13.9. The maximum Gasteiger partial charge on any atom is 0.230 e. The van der Waals surface area contributed by atoms with Gasteiger partial charge in [0.25, 0.3) is 0 Å². The van der Waals surface area contributed by atoms with Crippen molar-refractivity contribution in [1.82, 2.24) is 20.1 Å². The van der Waals surface area contributed by atoms with Gasteiger partial charge in [-0.15, -0.1) is 10.2 Å². The number of ether oxygens (including phenoxy) is 1. The van der Waals surface area contributed by atoms with Gasteiger partial charge in [0, 0.05) is 26.1 Å². The molecule has 1 aliphatic heterocycles. The molecule has 1 aliphatic carbocycles. The van der Waals surface area contributed by atoms with Gasteiger partial charge >= 0.3 is 0 Å². The zero-order chi connectivity index (χ0) is 13.9. The summed E-state index contributed by atoms with van der Waals surface area (Å²) in [6, 6.07) is 0. The first-order valence-corrected chi connectivity index (χ1v) is 8.13. The van der Waals surface area contributed by atoms with Gasteiger partial charge in [0.2, 0.25) is 5.91 Å². The van der Waals surface area contributed by atoms with E-state index in [0.717, 1.165) is 30.4 Å². The van der Waals surface area contributed by atoms with Gasteiger partial charge in [0.15, 0.2) is 5.16 Å². The van der Waals surface area contributed by atoms with E-state index in [4.69, 9.17) is 4.74 Å². The van der Waals surface area contributed by atoms with E-state index in [1.165, 1.54) is 24.6 Å².